The largest absolute Gasteiger partial charge is 0.480 e. The lowest BCUT2D eigenvalue weighted by Crippen LogP contribution is -2.49. The summed E-state index contributed by atoms with van der Waals surface area (Å²) < 4.78 is 0. The summed E-state index contributed by atoms with van der Waals surface area (Å²) in [4.78, 5) is 31.6. The molecule has 0 fully saturated rings. The van der Waals surface area contributed by atoms with Gasteiger partial charge >= 0.3 is 12.0 Å². The maximum Gasteiger partial charge on any atom is 0.326 e. The fraction of sp³-hybridized carbons (Fsp3) is 0.615. The summed E-state index contributed by atoms with van der Waals surface area (Å²) in [5, 5.41) is 11.7. The summed E-state index contributed by atoms with van der Waals surface area (Å²) in [5.41, 5.74) is 0.675. The molecule has 3 N–H and O–H groups in total. The van der Waals surface area contributed by atoms with Crippen LogP contribution in [0.15, 0.2) is 12.5 Å². The van der Waals surface area contributed by atoms with Gasteiger partial charge in [-0.15, -0.1) is 0 Å². The zero-order valence-electron chi connectivity index (χ0n) is 11.9. The molecule has 0 aliphatic rings. The quantitative estimate of drug-likeness (QED) is 0.668. The first-order valence-corrected chi connectivity index (χ1v) is 6.84. The second kappa shape index (κ2) is 8.19. The lowest BCUT2D eigenvalue weighted by molar-refractivity contribution is -0.139. The first-order chi connectivity index (χ1) is 9.58. The van der Waals surface area contributed by atoms with Crippen LogP contribution in [0.4, 0.5) is 4.79 Å². The third kappa shape index (κ3) is 4.91. The van der Waals surface area contributed by atoms with Gasteiger partial charge in [-0.1, -0.05) is 13.3 Å². The Balaban J connectivity index is 2.60. The van der Waals surface area contributed by atoms with Crippen LogP contribution < -0.4 is 5.32 Å². The minimum atomic E-state index is -1.06. The molecule has 112 valence electrons. The molecule has 0 aliphatic carbocycles. The normalized spacial score (nSPS) is 11.9. The maximum atomic E-state index is 12.0. The van der Waals surface area contributed by atoms with Gasteiger partial charge in [0.15, 0.2) is 0 Å². The Morgan fingerprint density at radius 2 is 2.25 bits per heavy atom. The number of aromatic nitrogens is 2. The van der Waals surface area contributed by atoms with Gasteiger partial charge in [0.2, 0.25) is 0 Å². The van der Waals surface area contributed by atoms with Gasteiger partial charge in [-0.05, 0) is 13.3 Å². The molecule has 0 radical (unpaired) electrons. The molecule has 0 aromatic carbocycles. The zero-order valence-corrected chi connectivity index (χ0v) is 11.9. The van der Waals surface area contributed by atoms with Crippen molar-refractivity contribution < 1.29 is 14.7 Å². The van der Waals surface area contributed by atoms with Crippen LogP contribution >= 0.6 is 0 Å². The molecule has 0 saturated carbocycles. The molecular formula is C13H22N4O3. The third-order valence-electron chi connectivity index (χ3n) is 3.03. The lowest BCUT2D eigenvalue weighted by atomic mass is 10.1. The van der Waals surface area contributed by atoms with Crippen LogP contribution in [0.3, 0.4) is 0 Å². The smallest absolute Gasteiger partial charge is 0.326 e. The molecule has 7 nitrogen and oxygen atoms in total. The van der Waals surface area contributed by atoms with E-state index >= 15 is 0 Å². The first kappa shape index (κ1) is 16.0. The number of H-pyrrole nitrogens is 1. The number of urea groups is 1. The van der Waals surface area contributed by atoms with Crippen molar-refractivity contribution in [1.29, 1.82) is 0 Å². The van der Waals surface area contributed by atoms with Gasteiger partial charge in [0, 0.05) is 31.4 Å². The molecule has 0 saturated heterocycles. The number of hydrogen-bond acceptors (Lipinski definition) is 3. The SMILES string of the molecule is CCCCN(CC)C(=O)NC(Cc1cnc[nH]1)C(=O)O. The van der Waals surface area contributed by atoms with Crippen LogP contribution in [0.1, 0.15) is 32.4 Å². The average Bonchev–Trinajstić information content (AvgIpc) is 2.91. The predicted molar refractivity (Wildman–Crippen MR) is 74.4 cm³/mol. The predicted octanol–water partition coefficient (Wildman–Crippen LogP) is 1.24. The lowest BCUT2D eigenvalue weighted by Gasteiger charge is -2.23. The summed E-state index contributed by atoms with van der Waals surface area (Å²) in [6.07, 6.45) is 5.11. The number of aromatic amines is 1. The monoisotopic (exact) mass is 282 g/mol. The van der Waals surface area contributed by atoms with Gasteiger partial charge in [-0.2, -0.15) is 0 Å². The van der Waals surface area contributed by atoms with E-state index in [1.165, 1.54) is 6.33 Å². The number of carboxylic acid groups (broad SMARTS) is 1. The molecule has 1 unspecified atom stereocenters. The van der Waals surface area contributed by atoms with Crippen LogP contribution in [0.25, 0.3) is 0 Å². The second-order valence-corrected chi connectivity index (χ2v) is 4.55. The van der Waals surface area contributed by atoms with E-state index < -0.39 is 12.0 Å². The van der Waals surface area contributed by atoms with Crippen molar-refractivity contribution in [1.82, 2.24) is 20.2 Å². The average molecular weight is 282 g/mol. The van der Waals surface area contributed by atoms with Crippen molar-refractivity contribution in [3.05, 3.63) is 18.2 Å². The fourth-order valence-corrected chi connectivity index (χ4v) is 1.81. The van der Waals surface area contributed by atoms with Crippen molar-refractivity contribution in [3.8, 4) is 0 Å². The number of nitrogens with one attached hydrogen (secondary N) is 2. The van der Waals surface area contributed by atoms with Gasteiger partial charge < -0.3 is 20.3 Å². The van der Waals surface area contributed by atoms with Gasteiger partial charge in [0.1, 0.15) is 6.04 Å². The fourth-order valence-electron chi connectivity index (χ4n) is 1.81. The molecule has 1 heterocycles. The van der Waals surface area contributed by atoms with Crippen LogP contribution in [0.5, 0.6) is 0 Å². The van der Waals surface area contributed by atoms with E-state index in [1.54, 1.807) is 11.1 Å². The molecule has 1 aromatic heterocycles. The maximum absolute atomic E-state index is 12.0. The Morgan fingerprint density at radius 1 is 1.50 bits per heavy atom. The van der Waals surface area contributed by atoms with E-state index in [-0.39, 0.29) is 12.5 Å². The molecule has 1 atom stereocenters. The number of unbranched alkanes of at least 4 members (excludes halogenated alkanes) is 1. The number of imidazole rings is 1. The molecular weight excluding hydrogens is 260 g/mol. The van der Waals surface area contributed by atoms with Crippen molar-refractivity contribution in [3.63, 3.8) is 0 Å². The number of amides is 2. The van der Waals surface area contributed by atoms with E-state index in [1.807, 2.05) is 13.8 Å². The van der Waals surface area contributed by atoms with Crippen LogP contribution in [0, 0.1) is 0 Å². The highest BCUT2D eigenvalue weighted by molar-refractivity contribution is 5.82. The Kier molecular flexibility index (Phi) is 6.55. The number of carbonyl (C=O) groups is 2. The van der Waals surface area contributed by atoms with Gasteiger partial charge in [0.05, 0.1) is 6.33 Å². The Bertz CT molecular complexity index is 419. The standard InChI is InChI=1S/C13H22N4O3/c1-3-5-6-17(4-2)13(20)16-11(12(18)19)7-10-8-14-9-15-10/h8-9,11H,3-7H2,1-2H3,(H,14,15)(H,16,20)(H,18,19). The number of nitrogens with zero attached hydrogens (tertiary/aromatic N) is 2. The molecule has 1 aromatic rings. The van der Waals surface area contributed by atoms with Crippen LogP contribution in [-0.2, 0) is 11.2 Å². The van der Waals surface area contributed by atoms with Crippen molar-refractivity contribution in [2.75, 3.05) is 13.1 Å². The number of rotatable bonds is 8. The van der Waals surface area contributed by atoms with Gasteiger partial charge in [-0.25, -0.2) is 14.6 Å². The molecule has 20 heavy (non-hydrogen) atoms. The van der Waals surface area contributed by atoms with Crippen LogP contribution in [-0.4, -0.2) is 51.1 Å². The molecule has 0 bridgehead atoms. The summed E-state index contributed by atoms with van der Waals surface area (Å²) >= 11 is 0. The van der Waals surface area contributed by atoms with Crippen molar-refractivity contribution in [2.45, 2.75) is 39.2 Å². The minimum Gasteiger partial charge on any atom is -0.480 e. The topological polar surface area (TPSA) is 98.3 Å². The summed E-state index contributed by atoms with van der Waals surface area (Å²) in [6.45, 7) is 5.11. The van der Waals surface area contributed by atoms with Crippen LogP contribution in [0.2, 0.25) is 0 Å². The summed E-state index contributed by atoms with van der Waals surface area (Å²) in [6, 6.07) is -1.30. The molecule has 1 rings (SSSR count). The second-order valence-electron chi connectivity index (χ2n) is 4.55. The molecule has 7 heteroatoms. The number of hydrogen-bond donors (Lipinski definition) is 3. The minimum absolute atomic E-state index is 0.187. The Labute approximate surface area is 118 Å². The highest BCUT2D eigenvalue weighted by atomic mass is 16.4. The van der Waals surface area contributed by atoms with E-state index in [0.29, 0.717) is 18.8 Å². The zero-order chi connectivity index (χ0) is 15.0. The summed E-state index contributed by atoms with van der Waals surface area (Å²) in [5.74, 6) is -1.06. The number of carboxylic acids is 1. The van der Waals surface area contributed by atoms with E-state index in [0.717, 1.165) is 12.8 Å². The van der Waals surface area contributed by atoms with E-state index in [2.05, 4.69) is 15.3 Å². The van der Waals surface area contributed by atoms with Crippen molar-refractivity contribution in [2.24, 2.45) is 0 Å². The van der Waals surface area contributed by atoms with Gasteiger partial charge in [-0.3, -0.25) is 0 Å². The molecule has 2 amide bonds. The van der Waals surface area contributed by atoms with Crippen molar-refractivity contribution >= 4 is 12.0 Å². The highest BCUT2D eigenvalue weighted by Gasteiger charge is 2.23. The summed E-state index contributed by atoms with van der Waals surface area (Å²) in [7, 11) is 0. The number of aliphatic carboxylic acids is 1. The van der Waals surface area contributed by atoms with Gasteiger partial charge in [0.25, 0.3) is 0 Å². The Hall–Kier alpha value is -2.05. The molecule has 0 spiro atoms. The third-order valence-corrected chi connectivity index (χ3v) is 3.03. The number of carbonyl (C=O) groups excluding carboxylic acids is 1. The van der Waals surface area contributed by atoms with E-state index in [9.17, 15) is 14.7 Å². The highest BCUT2D eigenvalue weighted by Crippen LogP contribution is 2.01. The molecule has 0 aliphatic heterocycles. The Morgan fingerprint density at radius 3 is 2.75 bits per heavy atom. The first-order valence-electron chi connectivity index (χ1n) is 6.84. The van der Waals surface area contributed by atoms with E-state index in [4.69, 9.17) is 0 Å².